The van der Waals surface area contributed by atoms with Crippen LogP contribution in [-0.2, 0) is 0 Å². The zero-order chi connectivity index (χ0) is 10.7. The lowest BCUT2D eigenvalue weighted by atomic mass is 10.2. The average Bonchev–Trinajstić information content (AvgIpc) is 2.74. The van der Waals surface area contributed by atoms with Crippen LogP contribution in [0.4, 0.5) is 0 Å². The molecule has 0 aliphatic rings. The largest absolute Gasteiger partial charge is 0.485 e. The zero-order valence-electron chi connectivity index (χ0n) is 8.18. The summed E-state index contributed by atoms with van der Waals surface area (Å²) in [5, 5.41) is 18.8. The SMILES string of the molecule is OCC(CO)Oc1cccc2[nH]ccc12. The van der Waals surface area contributed by atoms with Crippen molar-refractivity contribution in [1.82, 2.24) is 4.98 Å². The normalized spacial score (nSPS) is 11.1. The summed E-state index contributed by atoms with van der Waals surface area (Å²) in [7, 11) is 0. The van der Waals surface area contributed by atoms with Crippen LogP contribution in [0.15, 0.2) is 30.5 Å². The highest BCUT2D eigenvalue weighted by atomic mass is 16.5. The average molecular weight is 207 g/mol. The van der Waals surface area contributed by atoms with Gasteiger partial charge in [0.15, 0.2) is 0 Å². The molecule has 1 aromatic carbocycles. The van der Waals surface area contributed by atoms with Crippen molar-refractivity contribution in [3.63, 3.8) is 0 Å². The van der Waals surface area contributed by atoms with Gasteiger partial charge in [-0.2, -0.15) is 0 Å². The maximum Gasteiger partial charge on any atom is 0.145 e. The predicted octanol–water partition coefficient (Wildman–Crippen LogP) is 0.900. The van der Waals surface area contributed by atoms with Crippen molar-refractivity contribution < 1.29 is 14.9 Å². The number of nitrogens with one attached hydrogen (secondary N) is 1. The van der Waals surface area contributed by atoms with Gasteiger partial charge in [-0.15, -0.1) is 0 Å². The maximum atomic E-state index is 8.92. The van der Waals surface area contributed by atoms with Gasteiger partial charge in [0.1, 0.15) is 11.9 Å². The van der Waals surface area contributed by atoms with E-state index in [0.717, 1.165) is 10.9 Å². The number of aliphatic hydroxyl groups excluding tert-OH is 2. The van der Waals surface area contributed by atoms with Crippen molar-refractivity contribution in [2.24, 2.45) is 0 Å². The predicted molar refractivity (Wildman–Crippen MR) is 56.9 cm³/mol. The lowest BCUT2D eigenvalue weighted by Crippen LogP contribution is -2.25. The van der Waals surface area contributed by atoms with Crippen molar-refractivity contribution in [2.75, 3.05) is 13.2 Å². The van der Waals surface area contributed by atoms with Crippen LogP contribution in [0.3, 0.4) is 0 Å². The smallest absolute Gasteiger partial charge is 0.145 e. The second kappa shape index (κ2) is 4.33. The number of rotatable bonds is 4. The summed E-state index contributed by atoms with van der Waals surface area (Å²) in [5.74, 6) is 0.668. The van der Waals surface area contributed by atoms with Gasteiger partial charge in [0.2, 0.25) is 0 Å². The van der Waals surface area contributed by atoms with Crippen LogP contribution >= 0.6 is 0 Å². The highest BCUT2D eigenvalue weighted by molar-refractivity contribution is 5.85. The molecule has 1 heterocycles. The minimum atomic E-state index is -0.564. The van der Waals surface area contributed by atoms with Gasteiger partial charge >= 0.3 is 0 Å². The Balaban J connectivity index is 2.30. The molecule has 2 rings (SSSR count). The molecule has 15 heavy (non-hydrogen) atoms. The molecule has 0 radical (unpaired) electrons. The minimum absolute atomic E-state index is 0.197. The number of H-pyrrole nitrogens is 1. The Morgan fingerprint density at radius 2 is 2.00 bits per heavy atom. The molecule has 4 heteroatoms. The molecular formula is C11H13NO3. The van der Waals surface area contributed by atoms with Crippen molar-refractivity contribution in [3.05, 3.63) is 30.5 Å². The molecule has 3 N–H and O–H groups in total. The van der Waals surface area contributed by atoms with Crippen LogP contribution in [0.1, 0.15) is 0 Å². The fourth-order valence-corrected chi connectivity index (χ4v) is 1.47. The van der Waals surface area contributed by atoms with Crippen molar-refractivity contribution in [3.8, 4) is 5.75 Å². The van der Waals surface area contributed by atoms with E-state index in [1.165, 1.54) is 0 Å². The number of benzene rings is 1. The molecule has 0 amide bonds. The number of fused-ring (bicyclic) bond motifs is 1. The summed E-state index contributed by atoms with van der Waals surface area (Å²) in [5.41, 5.74) is 0.974. The van der Waals surface area contributed by atoms with Crippen LogP contribution in [0.2, 0.25) is 0 Å². The molecule has 0 fully saturated rings. The van der Waals surface area contributed by atoms with Gasteiger partial charge < -0.3 is 19.9 Å². The third-order valence-corrected chi connectivity index (χ3v) is 2.26. The number of aromatic amines is 1. The summed E-state index contributed by atoms with van der Waals surface area (Å²) in [4.78, 5) is 3.06. The Kier molecular flexibility index (Phi) is 2.89. The first-order valence-corrected chi connectivity index (χ1v) is 4.79. The first-order valence-electron chi connectivity index (χ1n) is 4.79. The van der Waals surface area contributed by atoms with Crippen LogP contribution in [0.5, 0.6) is 5.75 Å². The Labute approximate surface area is 87.1 Å². The molecule has 0 aliphatic heterocycles. The fourth-order valence-electron chi connectivity index (χ4n) is 1.47. The molecule has 0 aliphatic carbocycles. The summed E-state index contributed by atoms with van der Waals surface area (Å²) in [6, 6.07) is 7.51. The summed E-state index contributed by atoms with van der Waals surface area (Å²) < 4.78 is 5.46. The first-order chi connectivity index (χ1) is 7.35. The fraction of sp³-hybridized carbons (Fsp3) is 0.273. The third-order valence-electron chi connectivity index (χ3n) is 2.26. The van der Waals surface area contributed by atoms with Gasteiger partial charge in [-0.1, -0.05) is 6.07 Å². The van der Waals surface area contributed by atoms with Gasteiger partial charge in [0.25, 0.3) is 0 Å². The van der Waals surface area contributed by atoms with E-state index in [1.807, 2.05) is 30.5 Å². The quantitative estimate of drug-likeness (QED) is 0.697. The molecule has 0 bridgehead atoms. The second-order valence-electron chi connectivity index (χ2n) is 3.30. The zero-order valence-corrected chi connectivity index (χ0v) is 8.18. The van der Waals surface area contributed by atoms with Gasteiger partial charge in [-0.3, -0.25) is 0 Å². The summed E-state index contributed by atoms with van der Waals surface area (Å²) >= 11 is 0. The van der Waals surface area contributed by atoms with E-state index in [0.29, 0.717) is 5.75 Å². The van der Waals surface area contributed by atoms with Crippen molar-refractivity contribution in [2.45, 2.75) is 6.10 Å². The van der Waals surface area contributed by atoms with E-state index < -0.39 is 6.10 Å². The first kappa shape index (κ1) is 10.0. The minimum Gasteiger partial charge on any atom is -0.485 e. The standard InChI is InChI=1S/C11H13NO3/c13-6-8(7-14)15-11-3-1-2-10-9(11)4-5-12-10/h1-5,8,12-14H,6-7H2. The van der Waals surface area contributed by atoms with E-state index in [-0.39, 0.29) is 13.2 Å². The Hall–Kier alpha value is -1.52. The number of aromatic nitrogens is 1. The number of ether oxygens (including phenoxy) is 1. The molecule has 0 spiro atoms. The van der Waals surface area contributed by atoms with Crippen LogP contribution in [0.25, 0.3) is 10.9 Å². The molecule has 4 nitrogen and oxygen atoms in total. The molecule has 80 valence electrons. The number of aliphatic hydroxyl groups is 2. The maximum absolute atomic E-state index is 8.92. The third kappa shape index (κ3) is 1.95. The van der Waals surface area contributed by atoms with Crippen LogP contribution in [0, 0.1) is 0 Å². The van der Waals surface area contributed by atoms with Crippen molar-refractivity contribution in [1.29, 1.82) is 0 Å². The second-order valence-corrected chi connectivity index (χ2v) is 3.30. The number of hydrogen-bond acceptors (Lipinski definition) is 3. The Morgan fingerprint density at radius 1 is 1.20 bits per heavy atom. The van der Waals surface area contributed by atoms with E-state index in [2.05, 4.69) is 4.98 Å². The lowest BCUT2D eigenvalue weighted by Gasteiger charge is -2.14. The van der Waals surface area contributed by atoms with E-state index in [1.54, 1.807) is 0 Å². The molecule has 0 saturated heterocycles. The van der Waals surface area contributed by atoms with Gasteiger partial charge in [0.05, 0.1) is 13.2 Å². The Bertz CT molecular complexity index is 434. The molecule has 0 atom stereocenters. The molecule has 0 unspecified atom stereocenters. The molecule has 1 aromatic heterocycles. The summed E-state index contributed by atoms with van der Waals surface area (Å²) in [6.45, 7) is -0.394. The number of hydrogen-bond donors (Lipinski definition) is 3. The van der Waals surface area contributed by atoms with E-state index in [4.69, 9.17) is 14.9 Å². The van der Waals surface area contributed by atoms with Crippen molar-refractivity contribution >= 4 is 10.9 Å². The molecule has 2 aromatic rings. The molecular weight excluding hydrogens is 194 g/mol. The van der Waals surface area contributed by atoms with Gasteiger partial charge in [-0.25, -0.2) is 0 Å². The van der Waals surface area contributed by atoms with E-state index >= 15 is 0 Å². The van der Waals surface area contributed by atoms with E-state index in [9.17, 15) is 0 Å². The summed E-state index contributed by atoms with van der Waals surface area (Å²) in [6.07, 6.45) is 1.26. The van der Waals surface area contributed by atoms with Gasteiger partial charge in [-0.05, 0) is 18.2 Å². The highest BCUT2D eigenvalue weighted by Gasteiger charge is 2.09. The monoisotopic (exact) mass is 207 g/mol. The molecule has 0 saturated carbocycles. The lowest BCUT2D eigenvalue weighted by molar-refractivity contribution is 0.0640. The Morgan fingerprint density at radius 3 is 2.73 bits per heavy atom. The highest BCUT2D eigenvalue weighted by Crippen LogP contribution is 2.25. The topological polar surface area (TPSA) is 65.5 Å². The van der Waals surface area contributed by atoms with Crippen LogP contribution in [-0.4, -0.2) is 34.5 Å². The van der Waals surface area contributed by atoms with Gasteiger partial charge in [0, 0.05) is 17.1 Å². The van der Waals surface area contributed by atoms with Crippen LogP contribution < -0.4 is 4.74 Å².